The van der Waals surface area contributed by atoms with Crippen molar-refractivity contribution in [1.82, 2.24) is 5.32 Å². The SMILES string of the molecule is Cc1cc(F)c(C2CNCC(C3CC3)O2)cc1F. The van der Waals surface area contributed by atoms with Crippen molar-refractivity contribution in [3.05, 3.63) is 34.9 Å². The minimum absolute atomic E-state index is 0.146. The molecular weight excluding hydrogens is 236 g/mol. The molecule has 1 N–H and O–H groups in total. The molecule has 1 heterocycles. The average molecular weight is 253 g/mol. The molecule has 1 aliphatic heterocycles. The number of ether oxygens (including phenoxy) is 1. The topological polar surface area (TPSA) is 21.3 Å². The van der Waals surface area contributed by atoms with E-state index < -0.39 is 0 Å². The van der Waals surface area contributed by atoms with Crippen LogP contribution in [-0.2, 0) is 4.74 Å². The summed E-state index contributed by atoms with van der Waals surface area (Å²) in [4.78, 5) is 0. The first-order valence-electron chi connectivity index (χ1n) is 6.47. The highest BCUT2D eigenvalue weighted by molar-refractivity contribution is 5.27. The van der Waals surface area contributed by atoms with Crippen molar-refractivity contribution in [2.45, 2.75) is 32.0 Å². The molecule has 1 saturated heterocycles. The zero-order valence-corrected chi connectivity index (χ0v) is 10.4. The van der Waals surface area contributed by atoms with E-state index >= 15 is 0 Å². The molecule has 0 amide bonds. The maximum absolute atomic E-state index is 13.9. The normalized spacial score (nSPS) is 28.4. The van der Waals surface area contributed by atoms with Crippen molar-refractivity contribution in [2.24, 2.45) is 5.92 Å². The van der Waals surface area contributed by atoms with E-state index in [1.54, 1.807) is 6.92 Å². The number of rotatable bonds is 2. The van der Waals surface area contributed by atoms with Crippen LogP contribution in [0.2, 0.25) is 0 Å². The van der Waals surface area contributed by atoms with Crippen molar-refractivity contribution in [2.75, 3.05) is 13.1 Å². The van der Waals surface area contributed by atoms with Crippen molar-refractivity contribution < 1.29 is 13.5 Å². The first kappa shape index (κ1) is 12.1. The zero-order valence-electron chi connectivity index (χ0n) is 10.4. The molecule has 0 spiro atoms. The lowest BCUT2D eigenvalue weighted by molar-refractivity contribution is -0.0509. The van der Waals surface area contributed by atoms with Crippen molar-refractivity contribution in [1.29, 1.82) is 0 Å². The van der Waals surface area contributed by atoms with Crippen LogP contribution in [0.25, 0.3) is 0 Å². The van der Waals surface area contributed by atoms with Crippen LogP contribution in [0, 0.1) is 24.5 Å². The van der Waals surface area contributed by atoms with Gasteiger partial charge in [0, 0.05) is 18.7 Å². The third kappa shape index (κ3) is 2.27. The molecule has 2 aliphatic rings. The number of morpholine rings is 1. The van der Waals surface area contributed by atoms with E-state index in [1.807, 2.05) is 0 Å². The molecular formula is C14H17F2NO. The fourth-order valence-electron chi connectivity index (χ4n) is 2.50. The number of hydrogen-bond donors (Lipinski definition) is 1. The number of halogens is 2. The van der Waals surface area contributed by atoms with Gasteiger partial charge >= 0.3 is 0 Å². The molecule has 1 saturated carbocycles. The van der Waals surface area contributed by atoms with Gasteiger partial charge < -0.3 is 10.1 Å². The van der Waals surface area contributed by atoms with Crippen LogP contribution >= 0.6 is 0 Å². The highest BCUT2D eigenvalue weighted by Gasteiger charge is 2.36. The Balaban J connectivity index is 1.82. The maximum Gasteiger partial charge on any atom is 0.129 e. The van der Waals surface area contributed by atoms with Gasteiger partial charge in [-0.15, -0.1) is 0 Å². The Bertz CT molecular complexity index is 459. The molecule has 1 aliphatic carbocycles. The summed E-state index contributed by atoms with van der Waals surface area (Å²) in [5.74, 6) is -0.153. The Labute approximate surface area is 105 Å². The first-order valence-corrected chi connectivity index (χ1v) is 6.47. The summed E-state index contributed by atoms with van der Waals surface area (Å²) in [7, 11) is 0. The van der Waals surface area contributed by atoms with Gasteiger partial charge in [0.05, 0.1) is 12.2 Å². The van der Waals surface area contributed by atoms with Crippen LogP contribution in [-0.4, -0.2) is 19.2 Å². The van der Waals surface area contributed by atoms with Gasteiger partial charge in [-0.1, -0.05) is 0 Å². The lowest BCUT2D eigenvalue weighted by Gasteiger charge is -2.31. The average Bonchev–Trinajstić information content (AvgIpc) is 3.18. The second-order valence-electron chi connectivity index (χ2n) is 5.28. The molecule has 0 bridgehead atoms. The van der Waals surface area contributed by atoms with Crippen LogP contribution in [0.4, 0.5) is 8.78 Å². The molecule has 3 rings (SSSR count). The molecule has 2 fully saturated rings. The van der Waals surface area contributed by atoms with Gasteiger partial charge in [0.1, 0.15) is 11.6 Å². The predicted octanol–water partition coefficient (Wildman–Crippen LogP) is 2.71. The Morgan fingerprint density at radius 3 is 2.67 bits per heavy atom. The van der Waals surface area contributed by atoms with E-state index in [0.717, 1.165) is 6.54 Å². The van der Waals surface area contributed by atoms with E-state index in [2.05, 4.69) is 5.32 Å². The Kier molecular flexibility index (Phi) is 3.08. The van der Waals surface area contributed by atoms with Gasteiger partial charge in [0.2, 0.25) is 0 Å². The quantitative estimate of drug-likeness (QED) is 0.875. The summed E-state index contributed by atoms with van der Waals surface area (Å²) in [6.07, 6.45) is 2.14. The summed E-state index contributed by atoms with van der Waals surface area (Å²) in [6, 6.07) is 2.51. The van der Waals surface area contributed by atoms with E-state index in [-0.39, 0.29) is 23.8 Å². The monoisotopic (exact) mass is 253 g/mol. The molecule has 18 heavy (non-hydrogen) atoms. The number of nitrogens with one attached hydrogen (secondary N) is 1. The highest BCUT2D eigenvalue weighted by atomic mass is 19.1. The molecule has 2 atom stereocenters. The van der Waals surface area contributed by atoms with E-state index in [0.29, 0.717) is 23.6 Å². The summed E-state index contributed by atoms with van der Waals surface area (Å²) in [5.41, 5.74) is 0.662. The Morgan fingerprint density at radius 2 is 1.94 bits per heavy atom. The second kappa shape index (κ2) is 4.59. The Morgan fingerprint density at radius 1 is 1.17 bits per heavy atom. The van der Waals surface area contributed by atoms with Gasteiger partial charge in [0.15, 0.2) is 0 Å². The van der Waals surface area contributed by atoms with E-state index in [1.165, 1.54) is 25.0 Å². The fourth-order valence-corrected chi connectivity index (χ4v) is 2.50. The molecule has 4 heteroatoms. The van der Waals surface area contributed by atoms with Crippen LogP contribution in [0.5, 0.6) is 0 Å². The molecule has 98 valence electrons. The number of aryl methyl sites for hydroxylation is 1. The lowest BCUT2D eigenvalue weighted by Crippen LogP contribution is -2.41. The third-order valence-electron chi connectivity index (χ3n) is 3.79. The minimum Gasteiger partial charge on any atom is -0.367 e. The summed E-state index contributed by atoms with van der Waals surface area (Å²) >= 11 is 0. The van der Waals surface area contributed by atoms with Crippen molar-refractivity contribution >= 4 is 0 Å². The van der Waals surface area contributed by atoms with Crippen LogP contribution in [0.15, 0.2) is 12.1 Å². The first-order chi connectivity index (χ1) is 8.65. The summed E-state index contributed by atoms with van der Waals surface area (Å²) in [6.45, 7) is 2.93. The minimum atomic E-state index is -0.378. The van der Waals surface area contributed by atoms with Gasteiger partial charge in [-0.2, -0.15) is 0 Å². The fraction of sp³-hybridized carbons (Fsp3) is 0.571. The lowest BCUT2D eigenvalue weighted by atomic mass is 10.0. The molecule has 1 aromatic rings. The zero-order chi connectivity index (χ0) is 12.7. The second-order valence-corrected chi connectivity index (χ2v) is 5.28. The smallest absolute Gasteiger partial charge is 0.129 e. The van der Waals surface area contributed by atoms with Gasteiger partial charge in [0.25, 0.3) is 0 Å². The van der Waals surface area contributed by atoms with E-state index in [4.69, 9.17) is 4.74 Å². The number of benzene rings is 1. The van der Waals surface area contributed by atoms with Gasteiger partial charge in [-0.05, 0) is 43.4 Å². The largest absolute Gasteiger partial charge is 0.367 e. The van der Waals surface area contributed by atoms with E-state index in [9.17, 15) is 8.78 Å². The van der Waals surface area contributed by atoms with Crippen LogP contribution < -0.4 is 5.32 Å². The molecule has 1 aromatic carbocycles. The molecule has 2 nitrogen and oxygen atoms in total. The number of hydrogen-bond acceptors (Lipinski definition) is 2. The Hall–Kier alpha value is -1.00. The maximum atomic E-state index is 13.9. The third-order valence-corrected chi connectivity index (χ3v) is 3.79. The summed E-state index contributed by atoms with van der Waals surface area (Å²) in [5, 5.41) is 3.25. The molecule has 0 radical (unpaired) electrons. The van der Waals surface area contributed by atoms with Gasteiger partial charge in [-0.25, -0.2) is 8.78 Å². The van der Waals surface area contributed by atoms with Crippen molar-refractivity contribution in [3.8, 4) is 0 Å². The predicted molar refractivity (Wildman–Crippen MR) is 64.3 cm³/mol. The standard InChI is InChI=1S/C14H17F2NO/c1-8-4-12(16)10(5-11(8)15)14-7-17-6-13(18-14)9-2-3-9/h4-5,9,13-14,17H,2-3,6-7H2,1H3. The van der Waals surface area contributed by atoms with Crippen LogP contribution in [0.3, 0.4) is 0 Å². The molecule has 2 unspecified atom stereocenters. The summed E-state index contributed by atoms with van der Waals surface area (Å²) < 4.78 is 33.3. The van der Waals surface area contributed by atoms with Crippen LogP contribution in [0.1, 0.15) is 30.1 Å². The van der Waals surface area contributed by atoms with Gasteiger partial charge in [-0.3, -0.25) is 0 Å². The highest BCUT2D eigenvalue weighted by Crippen LogP contribution is 2.38. The molecule has 0 aromatic heterocycles. The van der Waals surface area contributed by atoms with Crippen molar-refractivity contribution in [3.63, 3.8) is 0 Å².